The maximum atomic E-state index is 11.4. The van der Waals surface area contributed by atoms with Crippen LogP contribution in [0.2, 0.25) is 0 Å². The Morgan fingerprint density at radius 2 is 1.56 bits per heavy atom. The Morgan fingerprint density at radius 3 is 2.32 bits per heavy atom. The van der Waals surface area contributed by atoms with E-state index in [1.807, 2.05) is 30.3 Å². The lowest BCUT2D eigenvalue weighted by atomic mass is 9.92. The van der Waals surface area contributed by atoms with Crippen molar-refractivity contribution in [3.8, 4) is 5.75 Å². The van der Waals surface area contributed by atoms with Crippen LogP contribution in [-0.2, 0) is 27.1 Å². The topological polar surface area (TPSA) is 65.0 Å². The molecule has 0 aromatic heterocycles. The van der Waals surface area contributed by atoms with Gasteiger partial charge in [-0.2, -0.15) is 0 Å². The molecule has 5 nitrogen and oxygen atoms in total. The Hall–Kier alpha value is -4.19. The van der Waals surface area contributed by atoms with E-state index in [2.05, 4.69) is 79.7 Å². The van der Waals surface area contributed by atoms with Gasteiger partial charge in [0.2, 0.25) is 0 Å². The van der Waals surface area contributed by atoms with E-state index in [1.165, 1.54) is 22.3 Å². The first-order chi connectivity index (χ1) is 20.0. The van der Waals surface area contributed by atoms with Gasteiger partial charge < -0.3 is 19.3 Å². The first kappa shape index (κ1) is 28.3. The summed E-state index contributed by atoms with van der Waals surface area (Å²) in [4.78, 5) is 11.4. The average Bonchev–Trinajstić information content (AvgIpc) is 3.12. The minimum atomic E-state index is -0.955. The maximum absolute atomic E-state index is 11.4. The van der Waals surface area contributed by atoms with E-state index in [-0.39, 0.29) is 6.10 Å². The smallest absolute Gasteiger partial charge is 0.333 e. The van der Waals surface area contributed by atoms with Gasteiger partial charge >= 0.3 is 5.97 Å². The molecule has 0 bridgehead atoms. The number of fused-ring (bicyclic) bond motifs is 2. The van der Waals surface area contributed by atoms with E-state index < -0.39 is 12.1 Å². The number of rotatable bonds is 12. The van der Waals surface area contributed by atoms with Crippen LogP contribution >= 0.6 is 0 Å². The molecule has 0 amide bonds. The number of ether oxygens (including phenoxy) is 3. The van der Waals surface area contributed by atoms with Gasteiger partial charge in [-0.25, -0.2) is 4.79 Å². The maximum Gasteiger partial charge on any atom is 0.333 e. The van der Waals surface area contributed by atoms with Crippen LogP contribution in [0.1, 0.15) is 57.5 Å². The molecule has 5 heteroatoms. The molecule has 2 atom stereocenters. The molecule has 0 spiro atoms. The van der Waals surface area contributed by atoms with Gasteiger partial charge in [0.25, 0.3) is 0 Å². The number of benzene rings is 4. The molecular formula is C36H36O5. The normalized spacial score (nSPS) is 14.5. The molecule has 0 saturated heterocycles. The van der Waals surface area contributed by atoms with Crippen molar-refractivity contribution in [2.24, 2.45) is 0 Å². The molecule has 41 heavy (non-hydrogen) atoms. The zero-order chi connectivity index (χ0) is 28.6. The Labute approximate surface area is 242 Å². The van der Waals surface area contributed by atoms with Gasteiger partial charge in [-0.1, -0.05) is 96.6 Å². The van der Waals surface area contributed by atoms with Gasteiger partial charge in [-0.3, -0.25) is 0 Å². The highest BCUT2D eigenvalue weighted by Gasteiger charge is 2.23. The van der Waals surface area contributed by atoms with Crippen molar-refractivity contribution in [2.45, 2.75) is 38.9 Å². The van der Waals surface area contributed by atoms with Gasteiger partial charge in [-0.05, 0) is 71.3 Å². The number of carboxylic acids is 1. The summed E-state index contributed by atoms with van der Waals surface area (Å²) in [6.07, 6.45) is 4.47. The lowest BCUT2D eigenvalue weighted by molar-refractivity contribution is -0.149. The predicted molar refractivity (Wildman–Crippen MR) is 162 cm³/mol. The highest BCUT2D eigenvalue weighted by atomic mass is 16.5. The zero-order valence-electron chi connectivity index (χ0n) is 23.6. The second kappa shape index (κ2) is 13.4. The minimum Gasteiger partial charge on any atom is -0.491 e. The van der Waals surface area contributed by atoms with Crippen LogP contribution in [0.5, 0.6) is 5.75 Å². The average molecular weight is 549 g/mol. The van der Waals surface area contributed by atoms with Crippen LogP contribution in [-0.4, -0.2) is 37.0 Å². The second-order valence-electron chi connectivity index (χ2n) is 10.3. The number of aryl methyl sites for hydroxylation is 1. The quantitative estimate of drug-likeness (QED) is 0.188. The molecule has 2 unspecified atom stereocenters. The molecule has 5 rings (SSSR count). The summed E-state index contributed by atoms with van der Waals surface area (Å²) in [6.45, 7) is 5.06. The third-order valence-corrected chi connectivity index (χ3v) is 7.28. The zero-order valence-corrected chi connectivity index (χ0v) is 23.6. The van der Waals surface area contributed by atoms with Crippen molar-refractivity contribution in [1.82, 2.24) is 0 Å². The third-order valence-electron chi connectivity index (χ3n) is 7.28. The van der Waals surface area contributed by atoms with Crippen molar-refractivity contribution in [3.05, 3.63) is 136 Å². The lowest BCUT2D eigenvalue weighted by Gasteiger charge is -2.22. The van der Waals surface area contributed by atoms with Crippen molar-refractivity contribution < 1.29 is 24.1 Å². The van der Waals surface area contributed by atoms with Crippen LogP contribution in [0.15, 0.2) is 91.0 Å². The molecule has 0 heterocycles. The third kappa shape index (κ3) is 7.31. The number of aliphatic carboxylic acids is 1. The van der Waals surface area contributed by atoms with Gasteiger partial charge in [0.05, 0.1) is 6.61 Å². The molecule has 0 radical (unpaired) electrons. The van der Waals surface area contributed by atoms with E-state index in [9.17, 15) is 9.90 Å². The van der Waals surface area contributed by atoms with Crippen molar-refractivity contribution in [3.63, 3.8) is 0 Å². The second-order valence-corrected chi connectivity index (χ2v) is 10.3. The van der Waals surface area contributed by atoms with E-state index in [0.29, 0.717) is 32.0 Å². The largest absolute Gasteiger partial charge is 0.491 e. The summed E-state index contributed by atoms with van der Waals surface area (Å²) in [7, 11) is 0. The highest BCUT2D eigenvalue weighted by Crippen LogP contribution is 2.36. The van der Waals surface area contributed by atoms with Gasteiger partial charge in [0.1, 0.15) is 18.5 Å². The number of hydrogen-bond donors (Lipinski definition) is 1. The number of hydrogen-bond acceptors (Lipinski definition) is 4. The van der Waals surface area contributed by atoms with Crippen LogP contribution in [0.3, 0.4) is 0 Å². The number of carbonyl (C=O) groups is 1. The fraction of sp³-hybridized carbons (Fsp3) is 0.250. The predicted octanol–water partition coefficient (Wildman–Crippen LogP) is 7.29. The van der Waals surface area contributed by atoms with E-state index in [1.54, 1.807) is 6.92 Å². The SMILES string of the molecule is CCOC(Cc1ccc(OCCOC2c3ccc(C)cc3C=Cc3ccc(Cc4ccccc4)cc32)cc1)C(=O)O. The fourth-order valence-corrected chi connectivity index (χ4v) is 5.23. The molecule has 210 valence electrons. The monoisotopic (exact) mass is 548 g/mol. The van der Waals surface area contributed by atoms with Crippen molar-refractivity contribution in [2.75, 3.05) is 19.8 Å². The van der Waals surface area contributed by atoms with Crippen molar-refractivity contribution >= 4 is 18.1 Å². The molecule has 4 aromatic carbocycles. The summed E-state index contributed by atoms with van der Waals surface area (Å²) < 4.78 is 17.9. The van der Waals surface area contributed by atoms with Crippen LogP contribution in [0, 0.1) is 6.92 Å². The fourth-order valence-electron chi connectivity index (χ4n) is 5.23. The van der Waals surface area contributed by atoms with E-state index >= 15 is 0 Å². The molecule has 1 N–H and O–H groups in total. The minimum absolute atomic E-state index is 0.219. The molecule has 1 aliphatic carbocycles. The molecule has 0 fully saturated rings. The lowest BCUT2D eigenvalue weighted by Crippen LogP contribution is -2.26. The molecule has 0 saturated carbocycles. The first-order valence-corrected chi connectivity index (χ1v) is 14.1. The van der Waals surface area contributed by atoms with Crippen LogP contribution in [0.25, 0.3) is 12.2 Å². The summed E-state index contributed by atoms with van der Waals surface area (Å²) in [5.41, 5.74) is 9.25. The Bertz CT molecular complexity index is 1490. The van der Waals surface area contributed by atoms with Gasteiger partial charge in [0, 0.05) is 13.0 Å². The Kier molecular flexibility index (Phi) is 9.29. The summed E-state index contributed by atoms with van der Waals surface area (Å²) in [5, 5.41) is 9.34. The Morgan fingerprint density at radius 1 is 0.805 bits per heavy atom. The molecule has 1 aliphatic rings. The molecular weight excluding hydrogens is 512 g/mol. The van der Waals surface area contributed by atoms with E-state index in [0.717, 1.165) is 28.7 Å². The standard InChI is InChI=1S/C36H36O5/c1-3-39-34(36(37)38)24-27-11-16-31(17-12-27)40-19-20-41-35-32-18-9-25(2)21-30(32)15-14-29-13-10-28(23-33(29)35)22-26-7-5-4-6-8-26/h4-18,21,23,34-35H,3,19-20,22,24H2,1-2H3,(H,37,38). The summed E-state index contributed by atoms with van der Waals surface area (Å²) in [6, 6.07) is 31.2. The highest BCUT2D eigenvalue weighted by molar-refractivity contribution is 5.76. The summed E-state index contributed by atoms with van der Waals surface area (Å²) in [5.74, 6) is -0.242. The molecule has 0 aliphatic heterocycles. The number of carboxylic acid groups (broad SMARTS) is 1. The van der Waals surface area contributed by atoms with Gasteiger partial charge in [-0.15, -0.1) is 0 Å². The summed E-state index contributed by atoms with van der Waals surface area (Å²) >= 11 is 0. The molecule has 4 aromatic rings. The Balaban J connectivity index is 1.28. The van der Waals surface area contributed by atoms with Crippen LogP contribution in [0.4, 0.5) is 0 Å². The van der Waals surface area contributed by atoms with Crippen LogP contribution < -0.4 is 4.74 Å². The van der Waals surface area contributed by atoms with Crippen molar-refractivity contribution in [1.29, 1.82) is 0 Å². The first-order valence-electron chi connectivity index (χ1n) is 14.1. The van der Waals surface area contributed by atoms with E-state index in [4.69, 9.17) is 14.2 Å². The van der Waals surface area contributed by atoms with Gasteiger partial charge in [0.15, 0.2) is 6.10 Å².